The van der Waals surface area contributed by atoms with E-state index in [4.69, 9.17) is 4.74 Å². The van der Waals surface area contributed by atoms with Gasteiger partial charge in [0.2, 0.25) is 0 Å². The van der Waals surface area contributed by atoms with Crippen molar-refractivity contribution >= 4 is 56.9 Å². The Hall–Kier alpha value is -5.09. The maximum absolute atomic E-state index is 13.7. The summed E-state index contributed by atoms with van der Waals surface area (Å²) in [5.41, 5.74) is 1.48. The normalized spacial score (nSPS) is 13.4. The average molecular weight is 598 g/mol. The number of nitro benzene ring substituents is 1. The Kier molecular flexibility index (Phi) is 7.52. The smallest absolute Gasteiger partial charge is 0.343 e. The van der Waals surface area contributed by atoms with Crippen molar-refractivity contribution in [2.24, 2.45) is 0 Å². The van der Waals surface area contributed by atoms with E-state index >= 15 is 0 Å². The summed E-state index contributed by atoms with van der Waals surface area (Å²) >= 11 is 3.42. The third-order valence-electron chi connectivity index (χ3n) is 6.09. The van der Waals surface area contributed by atoms with Gasteiger partial charge in [-0.2, -0.15) is 0 Å². The summed E-state index contributed by atoms with van der Waals surface area (Å²) < 4.78 is 6.66. The van der Waals surface area contributed by atoms with E-state index in [9.17, 15) is 24.5 Å². The summed E-state index contributed by atoms with van der Waals surface area (Å²) in [7, 11) is 0. The van der Waals surface area contributed by atoms with E-state index < -0.39 is 22.8 Å². The first kappa shape index (κ1) is 26.5. The largest absolute Gasteiger partial charge is 0.488 e. The molecule has 1 aliphatic heterocycles. The zero-order chi connectivity index (χ0) is 28.2. The van der Waals surface area contributed by atoms with Gasteiger partial charge in [-0.15, -0.1) is 0 Å². The summed E-state index contributed by atoms with van der Waals surface area (Å²) in [5.74, 6) is -1.17. The molecule has 0 unspecified atom stereocenters. The first-order chi connectivity index (χ1) is 19.3. The van der Waals surface area contributed by atoms with Gasteiger partial charge in [-0.3, -0.25) is 19.7 Å². The van der Waals surface area contributed by atoms with Crippen LogP contribution < -0.4 is 14.5 Å². The first-order valence-electron chi connectivity index (χ1n) is 12.0. The number of rotatable bonds is 7. The van der Waals surface area contributed by atoms with E-state index in [1.165, 1.54) is 18.2 Å². The standard InChI is InChI=1S/C30H20BrN3O6/c31-22-13-16-27(40-19-20-11-14-25(15-12-20)34(38)39)21(17-22)18-26-28(35)32(23-7-3-1-4-8-23)30(37)33(29(26)36)24-9-5-2-6-10-24/h1-18H,19H2. The summed E-state index contributed by atoms with van der Waals surface area (Å²) in [6.07, 6.45) is 1.40. The molecule has 0 radical (unpaired) electrons. The van der Waals surface area contributed by atoms with Crippen molar-refractivity contribution in [3.05, 3.63) is 134 Å². The van der Waals surface area contributed by atoms with E-state index in [0.29, 0.717) is 32.7 Å². The molecule has 0 saturated carbocycles. The number of carbonyl (C=O) groups excluding carboxylic acids is 3. The van der Waals surface area contributed by atoms with Crippen LogP contribution in [0.4, 0.5) is 21.9 Å². The van der Waals surface area contributed by atoms with Gasteiger partial charge >= 0.3 is 6.03 Å². The van der Waals surface area contributed by atoms with Crippen LogP contribution in [0.2, 0.25) is 0 Å². The number of ether oxygens (including phenoxy) is 1. The van der Waals surface area contributed by atoms with E-state index in [2.05, 4.69) is 15.9 Å². The number of nitrogens with zero attached hydrogens (tertiary/aromatic N) is 3. The number of nitro groups is 1. The number of amides is 4. The van der Waals surface area contributed by atoms with Gasteiger partial charge in [-0.1, -0.05) is 52.3 Å². The predicted octanol–water partition coefficient (Wildman–Crippen LogP) is 6.52. The van der Waals surface area contributed by atoms with E-state index in [1.807, 2.05) is 0 Å². The molecular formula is C30H20BrN3O6. The number of benzene rings is 4. The number of anilines is 2. The van der Waals surface area contributed by atoms with Crippen LogP contribution in [0.1, 0.15) is 11.1 Å². The minimum Gasteiger partial charge on any atom is -0.488 e. The van der Waals surface area contributed by atoms with Gasteiger partial charge in [0.05, 0.1) is 16.3 Å². The molecule has 0 bridgehead atoms. The fourth-order valence-electron chi connectivity index (χ4n) is 4.13. The molecule has 1 saturated heterocycles. The minimum atomic E-state index is -0.784. The molecule has 4 aromatic carbocycles. The summed E-state index contributed by atoms with van der Waals surface area (Å²) in [4.78, 5) is 53.2. The molecule has 0 aliphatic carbocycles. The lowest BCUT2D eigenvalue weighted by Gasteiger charge is -2.34. The number of non-ortho nitro benzene ring substituents is 1. The maximum Gasteiger partial charge on any atom is 0.343 e. The zero-order valence-electron chi connectivity index (χ0n) is 20.8. The monoisotopic (exact) mass is 597 g/mol. The molecule has 0 aromatic heterocycles. The number of urea groups is 1. The Bertz CT molecular complexity index is 1580. The van der Waals surface area contributed by atoms with Crippen molar-refractivity contribution in [1.29, 1.82) is 0 Å². The van der Waals surface area contributed by atoms with Gasteiger partial charge in [0.1, 0.15) is 17.9 Å². The van der Waals surface area contributed by atoms with E-state index in [0.717, 1.165) is 9.80 Å². The number of para-hydroxylation sites is 2. The number of hydrogen-bond donors (Lipinski definition) is 0. The van der Waals surface area contributed by atoms with Crippen molar-refractivity contribution < 1.29 is 24.0 Å². The number of barbiturate groups is 1. The van der Waals surface area contributed by atoms with Crippen molar-refractivity contribution in [2.75, 3.05) is 9.80 Å². The lowest BCUT2D eigenvalue weighted by Crippen LogP contribution is -2.57. The van der Waals surface area contributed by atoms with Gasteiger partial charge in [0, 0.05) is 22.2 Å². The van der Waals surface area contributed by atoms with Crippen LogP contribution in [-0.4, -0.2) is 22.8 Å². The molecule has 10 heteroatoms. The van der Waals surface area contributed by atoms with E-state index in [1.54, 1.807) is 91.0 Å². The van der Waals surface area contributed by atoms with Crippen molar-refractivity contribution in [3.8, 4) is 5.75 Å². The topological polar surface area (TPSA) is 110 Å². The van der Waals surface area contributed by atoms with Crippen LogP contribution in [-0.2, 0) is 16.2 Å². The second-order valence-corrected chi connectivity index (χ2v) is 9.60. The summed E-state index contributed by atoms with van der Waals surface area (Å²) in [6.45, 7) is 0.0858. The maximum atomic E-state index is 13.7. The number of hydrogen-bond acceptors (Lipinski definition) is 6. The van der Waals surface area contributed by atoms with Gasteiger partial charge < -0.3 is 4.74 Å². The Balaban J connectivity index is 1.54. The van der Waals surface area contributed by atoms with Crippen molar-refractivity contribution in [2.45, 2.75) is 6.61 Å². The Morgan fingerprint density at radius 2 is 1.32 bits per heavy atom. The molecule has 4 aromatic rings. The fourth-order valence-corrected chi connectivity index (χ4v) is 4.51. The molecule has 0 spiro atoms. The zero-order valence-corrected chi connectivity index (χ0v) is 22.4. The minimum absolute atomic E-state index is 0.0346. The van der Waals surface area contributed by atoms with E-state index in [-0.39, 0.29) is 17.9 Å². The summed E-state index contributed by atoms with van der Waals surface area (Å²) in [6, 6.07) is 27.0. The molecular weight excluding hydrogens is 578 g/mol. The van der Waals surface area contributed by atoms with Crippen molar-refractivity contribution in [3.63, 3.8) is 0 Å². The molecule has 5 rings (SSSR count). The molecule has 0 N–H and O–H groups in total. The molecule has 198 valence electrons. The molecule has 40 heavy (non-hydrogen) atoms. The average Bonchev–Trinajstić information content (AvgIpc) is 2.96. The van der Waals surface area contributed by atoms with Gasteiger partial charge in [-0.05, 0) is 66.2 Å². The van der Waals surface area contributed by atoms with Gasteiger partial charge in [0.25, 0.3) is 17.5 Å². The highest BCUT2D eigenvalue weighted by Gasteiger charge is 2.43. The van der Waals surface area contributed by atoms with Gasteiger partial charge in [0.15, 0.2) is 0 Å². The third-order valence-corrected chi connectivity index (χ3v) is 6.58. The highest BCUT2D eigenvalue weighted by Crippen LogP contribution is 2.32. The second kappa shape index (κ2) is 11.3. The Morgan fingerprint density at radius 1 is 0.775 bits per heavy atom. The SMILES string of the molecule is O=C1C(=Cc2cc(Br)ccc2OCc2ccc([N+](=O)[O-])cc2)C(=O)N(c2ccccc2)C(=O)N1c1ccccc1. The van der Waals surface area contributed by atoms with Gasteiger partial charge in [-0.25, -0.2) is 14.6 Å². The van der Waals surface area contributed by atoms with Crippen molar-refractivity contribution in [1.82, 2.24) is 0 Å². The Morgan fingerprint density at radius 3 is 1.85 bits per heavy atom. The molecule has 1 fully saturated rings. The van der Waals surface area contributed by atoms with Crippen LogP contribution in [0.5, 0.6) is 5.75 Å². The molecule has 9 nitrogen and oxygen atoms in total. The molecule has 1 aliphatic rings. The lowest BCUT2D eigenvalue weighted by molar-refractivity contribution is -0.384. The highest BCUT2D eigenvalue weighted by molar-refractivity contribution is 9.10. The van der Waals surface area contributed by atoms with Crippen LogP contribution in [0, 0.1) is 10.1 Å². The third kappa shape index (κ3) is 5.38. The van der Waals surface area contributed by atoms with Crippen LogP contribution in [0.25, 0.3) is 6.08 Å². The number of carbonyl (C=O) groups is 3. The van der Waals surface area contributed by atoms with Crippen LogP contribution in [0.3, 0.4) is 0 Å². The van der Waals surface area contributed by atoms with Crippen LogP contribution >= 0.6 is 15.9 Å². The first-order valence-corrected chi connectivity index (χ1v) is 12.8. The second-order valence-electron chi connectivity index (χ2n) is 8.69. The molecule has 0 atom stereocenters. The predicted molar refractivity (Wildman–Crippen MR) is 153 cm³/mol. The lowest BCUT2D eigenvalue weighted by atomic mass is 10.0. The quantitative estimate of drug-likeness (QED) is 0.104. The highest BCUT2D eigenvalue weighted by atomic mass is 79.9. The molecule has 4 amide bonds. The Labute approximate surface area is 237 Å². The number of halogens is 1. The summed E-state index contributed by atoms with van der Waals surface area (Å²) in [5, 5.41) is 10.9. The van der Waals surface area contributed by atoms with Crippen LogP contribution in [0.15, 0.2) is 113 Å². The fraction of sp³-hybridized carbons (Fsp3) is 0.0333. The molecule has 1 heterocycles. The number of imide groups is 2.